The summed E-state index contributed by atoms with van der Waals surface area (Å²) in [5.41, 5.74) is 3.04. The normalized spacial score (nSPS) is 16.3. The minimum absolute atomic E-state index is 0.0280. The molecule has 1 saturated carbocycles. The molecule has 2 N–H and O–H groups in total. The third kappa shape index (κ3) is 4.00. The maximum Gasteiger partial charge on any atom is 0.393 e. The van der Waals surface area contributed by atoms with Crippen molar-refractivity contribution in [2.45, 2.75) is 44.2 Å². The number of rotatable bonds is 4. The van der Waals surface area contributed by atoms with Crippen LogP contribution in [0, 0.1) is 0 Å². The predicted octanol–water partition coefficient (Wildman–Crippen LogP) is 4.20. The maximum atomic E-state index is 12.8. The first kappa shape index (κ1) is 18.5. The molecular weight excluding hydrogens is 371 g/mol. The molecule has 2 aromatic rings. The number of pyridine rings is 1. The fourth-order valence-electron chi connectivity index (χ4n) is 3.52. The number of hydrogen-bond acceptors (Lipinski definition) is 3. The number of amides is 2. The van der Waals surface area contributed by atoms with Crippen molar-refractivity contribution < 1.29 is 22.8 Å². The Kier molecular flexibility index (Phi) is 4.56. The van der Waals surface area contributed by atoms with Gasteiger partial charge in [0.05, 0.1) is 6.42 Å². The number of fused-ring (bicyclic) bond motifs is 1. The van der Waals surface area contributed by atoms with E-state index in [0.29, 0.717) is 24.4 Å². The number of alkyl halides is 3. The predicted molar refractivity (Wildman–Crippen MR) is 97.3 cm³/mol. The highest BCUT2D eigenvalue weighted by atomic mass is 19.4. The quantitative estimate of drug-likeness (QED) is 0.823. The third-order valence-corrected chi connectivity index (χ3v) is 4.95. The fourth-order valence-corrected chi connectivity index (χ4v) is 3.52. The van der Waals surface area contributed by atoms with Gasteiger partial charge in [-0.2, -0.15) is 13.2 Å². The van der Waals surface area contributed by atoms with E-state index < -0.39 is 18.5 Å². The highest BCUT2D eigenvalue weighted by molar-refractivity contribution is 6.06. The number of halogens is 3. The molecule has 28 heavy (non-hydrogen) atoms. The van der Waals surface area contributed by atoms with Gasteiger partial charge in [0.2, 0.25) is 5.91 Å². The molecule has 2 aliphatic rings. The van der Waals surface area contributed by atoms with E-state index >= 15 is 0 Å². The average Bonchev–Trinajstić information content (AvgIpc) is 3.45. The highest BCUT2D eigenvalue weighted by Crippen LogP contribution is 2.46. The molecule has 0 atom stereocenters. The topological polar surface area (TPSA) is 71.1 Å². The van der Waals surface area contributed by atoms with E-state index in [1.807, 2.05) is 6.07 Å². The number of carbonyl (C=O) groups excluding carboxylic acids is 2. The Morgan fingerprint density at radius 3 is 2.75 bits per heavy atom. The lowest BCUT2D eigenvalue weighted by atomic mass is 9.95. The van der Waals surface area contributed by atoms with E-state index in [-0.39, 0.29) is 17.0 Å². The van der Waals surface area contributed by atoms with Crippen LogP contribution in [0.25, 0.3) is 0 Å². The largest absolute Gasteiger partial charge is 0.393 e. The van der Waals surface area contributed by atoms with Crippen LogP contribution in [0.3, 0.4) is 0 Å². The van der Waals surface area contributed by atoms with Crippen molar-refractivity contribution in [1.82, 2.24) is 4.98 Å². The Balaban J connectivity index is 1.63. The van der Waals surface area contributed by atoms with Crippen molar-refractivity contribution in [3.8, 4) is 0 Å². The number of benzene rings is 1. The molecule has 2 heterocycles. The molecule has 0 radical (unpaired) electrons. The minimum Gasteiger partial charge on any atom is -0.326 e. The van der Waals surface area contributed by atoms with Crippen LogP contribution < -0.4 is 10.6 Å². The minimum atomic E-state index is -4.43. The zero-order chi connectivity index (χ0) is 19.9. The molecule has 1 aliphatic carbocycles. The van der Waals surface area contributed by atoms with Crippen LogP contribution in [0.15, 0.2) is 30.6 Å². The second-order valence-electron chi connectivity index (χ2n) is 7.20. The summed E-state index contributed by atoms with van der Waals surface area (Å²) in [5, 5.41) is 5.63. The van der Waals surface area contributed by atoms with Crippen LogP contribution in [0.4, 0.5) is 24.5 Å². The van der Waals surface area contributed by atoms with Gasteiger partial charge in [0, 0.05) is 35.8 Å². The van der Waals surface area contributed by atoms with Gasteiger partial charge in [-0.15, -0.1) is 0 Å². The first-order valence-corrected chi connectivity index (χ1v) is 9.08. The van der Waals surface area contributed by atoms with Crippen LogP contribution in [0.5, 0.6) is 0 Å². The van der Waals surface area contributed by atoms with Crippen molar-refractivity contribution in [3.05, 3.63) is 52.8 Å². The summed E-state index contributed by atoms with van der Waals surface area (Å²) >= 11 is 0. The first-order valence-electron chi connectivity index (χ1n) is 9.08. The van der Waals surface area contributed by atoms with E-state index in [4.69, 9.17) is 0 Å². The second-order valence-corrected chi connectivity index (χ2v) is 7.20. The number of aromatic nitrogens is 1. The summed E-state index contributed by atoms with van der Waals surface area (Å²) in [5.74, 6) is -0.298. The molecule has 8 heteroatoms. The van der Waals surface area contributed by atoms with E-state index in [1.54, 1.807) is 6.07 Å². The summed E-state index contributed by atoms with van der Waals surface area (Å²) in [6.45, 7) is 0. The van der Waals surface area contributed by atoms with Gasteiger partial charge >= 0.3 is 6.18 Å². The molecule has 1 aromatic heterocycles. The van der Waals surface area contributed by atoms with Crippen LogP contribution in [0.1, 0.15) is 52.2 Å². The average molecular weight is 389 g/mol. The highest BCUT2D eigenvalue weighted by Gasteiger charge is 2.32. The Morgan fingerprint density at radius 1 is 1.25 bits per heavy atom. The van der Waals surface area contributed by atoms with Crippen LogP contribution in [-0.4, -0.2) is 23.0 Å². The van der Waals surface area contributed by atoms with E-state index in [2.05, 4.69) is 15.6 Å². The summed E-state index contributed by atoms with van der Waals surface area (Å²) in [4.78, 5) is 28.1. The van der Waals surface area contributed by atoms with Crippen molar-refractivity contribution in [2.24, 2.45) is 0 Å². The van der Waals surface area contributed by atoms with Gasteiger partial charge in [0.15, 0.2) is 0 Å². The first-order chi connectivity index (χ1) is 13.3. The molecule has 146 valence electrons. The molecule has 1 fully saturated rings. The van der Waals surface area contributed by atoms with Gasteiger partial charge < -0.3 is 10.6 Å². The SMILES string of the molecule is O=C1CCc2cc(NC(=O)c3ccncc3CC(F)(F)F)cc(C3CC3)c2N1. The number of nitrogens with zero attached hydrogens (tertiary/aromatic N) is 1. The van der Waals surface area contributed by atoms with Crippen LogP contribution >= 0.6 is 0 Å². The van der Waals surface area contributed by atoms with E-state index in [0.717, 1.165) is 35.9 Å². The maximum absolute atomic E-state index is 12.8. The van der Waals surface area contributed by atoms with Gasteiger partial charge in [0.25, 0.3) is 5.91 Å². The summed E-state index contributed by atoms with van der Waals surface area (Å²) < 4.78 is 38.4. The Labute approximate surface area is 159 Å². The zero-order valence-corrected chi connectivity index (χ0v) is 14.9. The molecule has 2 amide bonds. The molecule has 0 saturated heterocycles. The Bertz CT molecular complexity index is 952. The van der Waals surface area contributed by atoms with Gasteiger partial charge in [-0.05, 0) is 60.1 Å². The number of hydrogen-bond donors (Lipinski definition) is 2. The lowest BCUT2D eigenvalue weighted by Crippen LogP contribution is -2.22. The molecule has 1 aliphatic heterocycles. The molecule has 0 unspecified atom stereocenters. The number of anilines is 2. The Morgan fingerprint density at radius 2 is 2.04 bits per heavy atom. The van der Waals surface area contributed by atoms with Crippen LogP contribution in [-0.2, 0) is 17.6 Å². The second kappa shape index (κ2) is 6.92. The molecular formula is C20H18F3N3O2. The molecule has 1 aromatic carbocycles. The summed E-state index contributed by atoms with van der Waals surface area (Å²) in [6.07, 6.45) is -0.311. The van der Waals surface area contributed by atoms with Crippen molar-refractivity contribution in [1.29, 1.82) is 0 Å². The van der Waals surface area contributed by atoms with Crippen molar-refractivity contribution >= 4 is 23.2 Å². The molecule has 5 nitrogen and oxygen atoms in total. The lowest BCUT2D eigenvalue weighted by Gasteiger charge is -2.22. The van der Waals surface area contributed by atoms with Crippen molar-refractivity contribution in [3.63, 3.8) is 0 Å². The van der Waals surface area contributed by atoms with Crippen molar-refractivity contribution in [2.75, 3.05) is 10.6 Å². The molecule has 0 bridgehead atoms. The van der Waals surface area contributed by atoms with Gasteiger partial charge in [0.1, 0.15) is 0 Å². The number of aryl methyl sites for hydroxylation is 1. The molecule has 0 spiro atoms. The molecule has 4 rings (SSSR count). The van der Waals surface area contributed by atoms with Gasteiger partial charge in [-0.25, -0.2) is 0 Å². The summed E-state index contributed by atoms with van der Waals surface area (Å²) in [6, 6.07) is 4.88. The monoisotopic (exact) mass is 389 g/mol. The van der Waals surface area contributed by atoms with E-state index in [1.165, 1.54) is 12.3 Å². The Hall–Kier alpha value is -2.90. The smallest absolute Gasteiger partial charge is 0.326 e. The van der Waals surface area contributed by atoms with Gasteiger partial charge in [-0.1, -0.05) is 0 Å². The van der Waals surface area contributed by atoms with Crippen LogP contribution in [0.2, 0.25) is 0 Å². The zero-order valence-electron chi connectivity index (χ0n) is 14.9. The standard InChI is InChI=1S/C20H18F3N3O2/c21-20(22,23)9-13-10-24-6-5-15(13)19(28)25-14-7-12-3-4-17(27)26-18(12)16(8-14)11-1-2-11/h5-8,10-11H,1-4,9H2,(H,25,28)(H,26,27). The summed E-state index contributed by atoms with van der Waals surface area (Å²) in [7, 11) is 0. The number of nitrogens with one attached hydrogen (secondary N) is 2. The van der Waals surface area contributed by atoms with Gasteiger partial charge in [-0.3, -0.25) is 14.6 Å². The van der Waals surface area contributed by atoms with E-state index in [9.17, 15) is 22.8 Å². The lowest BCUT2D eigenvalue weighted by molar-refractivity contribution is -0.127. The fraction of sp³-hybridized carbons (Fsp3) is 0.350. The number of carbonyl (C=O) groups is 2. The third-order valence-electron chi connectivity index (χ3n) is 4.95.